The van der Waals surface area contributed by atoms with Crippen LogP contribution in [-0.2, 0) is 22.4 Å². The molecule has 2 amide bonds. The monoisotopic (exact) mass is 393 g/mol. The maximum atomic E-state index is 12.5. The van der Waals surface area contributed by atoms with Crippen LogP contribution in [0.1, 0.15) is 41.5 Å². The molecule has 0 bridgehead atoms. The molecule has 2 N–H and O–H groups in total. The number of nitrogens with one attached hydrogen (secondary N) is 2. The Labute approximate surface area is 173 Å². The average Bonchev–Trinajstić information content (AvgIpc) is 3.08. The number of amides is 2. The van der Waals surface area contributed by atoms with Crippen LogP contribution in [0.4, 0.5) is 5.69 Å². The standard InChI is InChI=1S/C24H31N3O2/c1-16(18-8-6-5-7-9-18)12-23(28)25-15-20(27(3)4)13-19-10-11-22-21(17(19)2)14-24(29)26-22/h5-11,16,20H,12-15H2,1-4H3,(H,25,28)(H,26,29)/t16-,20-/m0/s1. The molecule has 0 saturated heterocycles. The molecule has 3 rings (SSSR count). The Morgan fingerprint density at radius 3 is 2.59 bits per heavy atom. The lowest BCUT2D eigenvalue weighted by atomic mass is 9.94. The maximum absolute atomic E-state index is 12.5. The molecule has 1 heterocycles. The fourth-order valence-corrected chi connectivity index (χ4v) is 3.90. The summed E-state index contributed by atoms with van der Waals surface area (Å²) in [6.07, 6.45) is 1.76. The molecule has 0 aromatic heterocycles. The second-order valence-electron chi connectivity index (χ2n) is 8.24. The molecule has 0 fully saturated rings. The van der Waals surface area contributed by atoms with E-state index in [-0.39, 0.29) is 23.8 Å². The second kappa shape index (κ2) is 9.23. The van der Waals surface area contributed by atoms with E-state index in [9.17, 15) is 9.59 Å². The summed E-state index contributed by atoms with van der Waals surface area (Å²) in [7, 11) is 4.08. The molecule has 29 heavy (non-hydrogen) atoms. The number of hydrogen-bond acceptors (Lipinski definition) is 3. The third-order valence-electron chi connectivity index (χ3n) is 5.90. The first-order chi connectivity index (χ1) is 13.8. The topological polar surface area (TPSA) is 61.4 Å². The first kappa shape index (κ1) is 21.1. The number of likely N-dealkylation sites (N-methyl/N-ethyl adjacent to an activating group) is 1. The Morgan fingerprint density at radius 2 is 1.90 bits per heavy atom. The van der Waals surface area contributed by atoms with Gasteiger partial charge in [-0.1, -0.05) is 43.3 Å². The minimum atomic E-state index is 0.0595. The highest BCUT2D eigenvalue weighted by atomic mass is 16.2. The first-order valence-electron chi connectivity index (χ1n) is 10.2. The van der Waals surface area contributed by atoms with E-state index < -0.39 is 0 Å². The van der Waals surface area contributed by atoms with Gasteiger partial charge >= 0.3 is 0 Å². The van der Waals surface area contributed by atoms with E-state index in [0.29, 0.717) is 19.4 Å². The van der Waals surface area contributed by atoms with Crippen LogP contribution in [0.25, 0.3) is 0 Å². The molecule has 0 aliphatic carbocycles. The minimum absolute atomic E-state index is 0.0595. The molecule has 0 spiro atoms. The molecule has 5 nitrogen and oxygen atoms in total. The van der Waals surface area contributed by atoms with Crippen LogP contribution < -0.4 is 10.6 Å². The Hall–Kier alpha value is -2.66. The fraction of sp³-hybridized carbons (Fsp3) is 0.417. The lowest BCUT2D eigenvalue weighted by molar-refractivity contribution is -0.121. The SMILES string of the molecule is Cc1c(C[C@@H](CNC(=O)C[C@H](C)c2ccccc2)N(C)C)ccc2c1CC(=O)N2. The van der Waals surface area contributed by atoms with Crippen molar-refractivity contribution >= 4 is 17.5 Å². The van der Waals surface area contributed by atoms with E-state index in [1.807, 2.05) is 38.4 Å². The zero-order valence-electron chi connectivity index (χ0n) is 17.8. The van der Waals surface area contributed by atoms with Gasteiger partial charge in [0.15, 0.2) is 0 Å². The van der Waals surface area contributed by atoms with Gasteiger partial charge in [0.25, 0.3) is 0 Å². The number of nitrogens with zero attached hydrogens (tertiary/aromatic N) is 1. The van der Waals surface area contributed by atoms with Crippen molar-refractivity contribution in [2.24, 2.45) is 0 Å². The number of rotatable bonds is 8. The van der Waals surface area contributed by atoms with Crippen molar-refractivity contribution in [2.75, 3.05) is 26.0 Å². The molecule has 2 atom stereocenters. The zero-order chi connectivity index (χ0) is 21.0. The lowest BCUT2D eigenvalue weighted by Gasteiger charge is -2.26. The number of carbonyl (C=O) groups is 2. The summed E-state index contributed by atoms with van der Waals surface area (Å²) in [5, 5.41) is 6.02. The summed E-state index contributed by atoms with van der Waals surface area (Å²) in [5.74, 6) is 0.330. The van der Waals surface area contributed by atoms with Gasteiger partial charge in [-0.3, -0.25) is 9.59 Å². The van der Waals surface area contributed by atoms with Crippen molar-refractivity contribution in [2.45, 2.75) is 45.1 Å². The van der Waals surface area contributed by atoms with E-state index in [2.05, 4.69) is 47.6 Å². The van der Waals surface area contributed by atoms with E-state index in [1.54, 1.807) is 0 Å². The van der Waals surface area contributed by atoms with Crippen LogP contribution in [0.3, 0.4) is 0 Å². The molecule has 5 heteroatoms. The molecule has 0 unspecified atom stereocenters. The largest absolute Gasteiger partial charge is 0.355 e. The molecule has 1 aliphatic heterocycles. The predicted octanol–water partition coefficient (Wildman–Crippen LogP) is 3.27. The van der Waals surface area contributed by atoms with Crippen molar-refractivity contribution in [3.63, 3.8) is 0 Å². The summed E-state index contributed by atoms with van der Waals surface area (Å²) >= 11 is 0. The van der Waals surface area contributed by atoms with E-state index in [1.165, 1.54) is 16.7 Å². The molecule has 0 radical (unpaired) electrons. The van der Waals surface area contributed by atoms with Gasteiger partial charge in [-0.15, -0.1) is 0 Å². The van der Waals surface area contributed by atoms with Crippen LogP contribution in [-0.4, -0.2) is 43.4 Å². The first-order valence-corrected chi connectivity index (χ1v) is 10.2. The Bertz CT molecular complexity index is 877. The van der Waals surface area contributed by atoms with Crippen molar-refractivity contribution < 1.29 is 9.59 Å². The van der Waals surface area contributed by atoms with Gasteiger partial charge in [-0.05, 0) is 61.7 Å². The summed E-state index contributed by atoms with van der Waals surface area (Å²) in [6, 6.07) is 14.4. The lowest BCUT2D eigenvalue weighted by Crippen LogP contribution is -2.42. The van der Waals surface area contributed by atoms with Gasteiger partial charge < -0.3 is 15.5 Å². The van der Waals surface area contributed by atoms with Gasteiger partial charge in [0.1, 0.15) is 0 Å². The van der Waals surface area contributed by atoms with Gasteiger partial charge in [-0.25, -0.2) is 0 Å². The maximum Gasteiger partial charge on any atom is 0.228 e. The highest BCUT2D eigenvalue weighted by Crippen LogP contribution is 2.29. The third-order valence-corrected chi connectivity index (χ3v) is 5.90. The van der Waals surface area contributed by atoms with Gasteiger partial charge in [0.2, 0.25) is 11.8 Å². The number of hydrogen-bond donors (Lipinski definition) is 2. The van der Waals surface area contributed by atoms with Crippen LogP contribution in [0.15, 0.2) is 42.5 Å². The summed E-state index contributed by atoms with van der Waals surface area (Å²) < 4.78 is 0. The van der Waals surface area contributed by atoms with E-state index in [0.717, 1.165) is 17.7 Å². The van der Waals surface area contributed by atoms with Crippen LogP contribution in [0.5, 0.6) is 0 Å². The summed E-state index contributed by atoms with van der Waals surface area (Å²) in [4.78, 5) is 26.3. The van der Waals surface area contributed by atoms with Gasteiger partial charge in [0, 0.05) is 24.7 Å². The molecule has 0 saturated carbocycles. The Balaban J connectivity index is 1.59. The average molecular weight is 394 g/mol. The number of anilines is 1. The molecule has 154 valence electrons. The Morgan fingerprint density at radius 1 is 1.17 bits per heavy atom. The number of benzene rings is 2. The van der Waals surface area contributed by atoms with Crippen molar-refractivity contribution in [1.29, 1.82) is 0 Å². The highest BCUT2D eigenvalue weighted by molar-refractivity contribution is 5.99. The zero-order valence-corrected chi connectivity index (χ0v) is 17.8. The van der Waals surface area contributed by atoms with Crippen LogP contribution >= 0.6 is 0 Å². The normalized spacial score (nSPS) is 15.0. The smallest absolute Gasteiger partial charge is 0.228 e. The third kappa shape index (κ3) is 5.24. The number of carbonyl (C=O) groups excluding carboxylic acids is 2. The van der Waals surface area contributed by atoms with Crippen LogP contribution in [0, 0.1) is 6.92 Å². The fourth-order valence-electron chi connectivity index (χ4n) is 3.90. The number of fused-ring (bicyclic) bond motifs is 1. The van der Waals surface area contributed by atoms with Crippen LogP contribution in [0.2, 0.25) is 0 Å². The van der Waals surface area contributed by atoms with Gasteiger partial charge in [0.05, 0.1) is 6.42 Å². The van der Waals surface area contributed by atoms with Crippen molar-refractivity contribution in [3.8, 4) is 0 Å². The quantitative estimate of drug-likeness (QED) is 0.724. The van der Waals surface area contributed by atoms with Crippen molar-refractivity contribution in [1.82, 2.24) is 10.2 Å². The molecular weight excluding hydrogens is 362 g/mol. The molecule has 1 aliphatic rings. The highest BCUT2D eigenvalue weighted by Gasteiger charge is 2.23. The minimum Gasteiger partial charge on any atom is -0.355 e. The Kier molecular flexibility index (Phi) is 6.70. The molecule has 2 aromatic carbocycles. The summed E-state index contributed by atoms with van der Waals surface area (Å²) in [5.41, 5.74) is 5.62. The van der Waals surface area contributed by atoms with Gasteiger partial charge in [-0.2, -0.15) is 0 Å². The molecule has 2 aromatic rings. The van der Waals surface area contributed by atoms with E-state index in [4.69, 9.17) is 0 Å². The van der Waals surface area contributed by atoms with E-state index >= 15 is 0 Å². The predicted molar refractivity (Wildman–Crippen MR) is 117 cm³/mol. The molecular formula is C24H31N3O2. The second-order valence-corrected chi connectivity index (χ2v) is 8.24. The van der Waals surface area contributed by atoms with Crippen molar-refractivity contribution in [3.05, 3.63) is 64.7 Å². The summed E-state index contributed by atoms with van der Waals surface area (Å²) in [6.45, 7) is 4.77.